The topological polar surface area (TPSA) is 197 Å². The van der Waals surface area contributed by atoms with Crippen molar-refractivity contribution in [3.63, 3.8) is 0 Å². The number of carbonyl (C=O) groups excluding carboxylic acids is 3. The number of phenolic OH excluding ortho intramolecular Hbond substituents is 2. The van der Waals surface area contributed by atoms with E-state index in [9.17, 15) is 27.0 Å². The molecule has 4 aliphatic heterocycles. The van der Waals surface area contributed by atoms with Gasteiger partial charge in [0.15, 0.2) is 17.3 Å². The van der Waals surface area contributed by atoms with Crippen LogP contribution in [0.3, 0.4) is 0 Å². The van der Waals surface area contributed by atoms with Gasteiger partial charge in [-0.05, 0) is 162 Å². The predicted molar refractivity (Wildman–Crippen MR) is 298 cm³/mol. The highest BCUT2D eigenvalue weighted by Gasteiger charge is 2.67. The maximum atomic E-state index is 18.1. The summed E-state index contributed by atoms with van der Waals surface area (Å²) in [4.78, 5) is 53.2. The van der Waals surface area contributed by atoms with Crippen molar-refractivity contribution in [1.29, 1.82) is 0 Å². The van der Waals surface area contributed by atoms with Crippen molar-refractivity contribution in [2.45, 2.75) is 76.3 Å². The normalized spacial score (nSPS) is 28.7. The molecule has 424 valence electrons. The first-order valence-corrected chi connectivity index (χ1v) is 30.9. The molecule has 4 N–H and O–H groups in total. The molecule has 19 heteroatoms. The number of hydrogen-bond acceptors (Lipinski definition) is 13. The Morgan fingerprint density at radius 3 is 1.33 bits per heavy atom. The van der Waals surface area contributed by atoms with Gasteiger partial charge >= 0.3 is 0 Å². The van der Waals surface area contributed by atoms with Crippen molar-refractivity contribution in [1.82, 2.24) is 29.0 Å². The smallest absolute Gasteiger partial charge is 0.210 e. The van der Waals surface area contributed by atoms with Crippen LogP contribution in [0.25, 0.3) is 0 Å². The molecule has 15 nitrogen and oxygen atoms in total. The van der Waals surface area contributed by atoms with Gasteiger partial charge in [0.25, 0.3) is 0 Å². The molecular formula is C59H78F2N6O9S2. The zero-order valence-electron chi connectivity index (χ0n) is 46.2. The molecular weight excluding hydrogens is 1040 g/mol. The fourth-order valence-electron chi connectivity index (χ4n) is 14.2. The Hall–Kier alpha value is -4.99. The van der Waals surface area contributed by atoms with E-state index in [-0.39, 0.29) is 91.1 Å². The molecule has 0 radical (unpaired) electrons. The summed E-state index contributed by atoms with van der Waals surface area (Å²) in [6.45, 7) is 8.90. The number of hydrogen-bond donors (Lipinski definition) is 4. The number of ketones is 3. The summed E-state index contributed by atoms with van der Waals surface area (Å²) in [5.74, 6) is -8.16. The molecule has 4 heterocycles. The minimum Gasteiger partial charge on any atom is -0.508 e. The molecule has 4 aromatic carbocycles. The summed E-state index contributed by atoms with van der Waals surface area (Å²) < 4.78 is 88.3. The van der Waals surface area contributed by atoms with E-state index in [0.29, 0.717) is 74.1 Å². The van der Waals surface area contributed by atoms with Gasteiger partial charge in [-0.25, -0.2) is 34.2 Å². The summed E-state index contributed by atoms with van der Waals surface area (Å²) in [6, 6.07) is 21.7. The first-order valence-electron chi connectivity index (χ1n) is 27.3. The van der Waals surface area contributed by atoms with Crippen molar-refractivity contribution in [3.05, 3.63) is 130 Å². The number of piperidine rings is 4. The monoisotopic (exact) mass is 1120 g/mol. The van der Waals surface area contributed by atoms with Gasteiger partial charge in [-0.3, -0.25) is 24.2 Å². The standard InChI is InChI=1S/C59H78F2N6O9S2/c1-37-45(21-11-23-49(37)60)51-47(55(70)39-15-9-19-43(68)31-39)35-66(29-27-64(5)77(7,73)74)58(3,53(51)41-17-13-25-62-33-41)57(72)59(4)54(42-18-14-26-63-34-42)52(46-22-12-24-50(61)38(46)2)48(56(71)40-16-10-20-44(69)32-40)36-67(59)30-28-65(6)78(8,75)76/h9-12,15-16,19-24,31-32,41-42,47-48,51-54,62-63,68-69H,13-14,17-18,25-30,33-36H2,1-8H3/t41?,42?,47-,48-,51+,52+,53-,54-,58-,59-/m0/s1. The molecule has 0 aromatic heterocycles. The Bertz CT molecular complexity index is 2900. The SMILES string of the molecule is Cc1c(F)cccc1[C@@H]1[C@@H](C(=O)c2cccc(O)c2)CN(CCN(C)S(C)(=O)=O)[C@](C)(C(=O)[C@]2(C)[C@@H](C3CCCNC3)[C@H](c3cccc(F)c3C)[C@@H](C(=O)c3cccc(O)c3)CN2CCN(C)S(C)(=O)=O)[C@H]1C1CCCNC1. The molecule has 0 amide bonds. The average molecular weight is 1120 g/mol. The van der Waals surface area contributed by atoms with Crippen LogP contribution < -0.4 is 10.6 Å². The largest absolute Gasteiger partial charge is 0.508 e. The first-order chi connectivity index (χ1) is 36.8. The third-order valence-electron chi connectivity index (χ3n) is 18.5. The van der Waals surface area contributed by atoms with Crippen molar-refractivity contribution >= 4 is 37.4 Å². The van der Waals surface area contributed by atoms with Crippen molar-refractivity contribution < 1.29 is 50.2 Å². The third-order valence-corrected chi connectivity index (χ3v) is 21.1. The van der Waals surface area contributed by atoms with Crippen molar-refractivity contribution in [2.24, 2.45) is 35.5 Å². The molecule has 0 saturated carbocycles. The molecule has 10 atom stereocenters. The molecule has 0 bridgehead atoms. The van der Waals surface area contributed by atoms with E-state index in [1.54, 1.807) is 50.2 Å². The minimum absolute atomic E-state index is 0.0330. The highest BCUT2D eigenvalue weighted by atomic mass is 32.2. The number of halogens is 2. The Morgan fingerprint density at radius 1 is 0.628 bits per heavy atom. The van der Waals surface area contributed by atoms with Crippen molar-refractivity contribution in [2.75, 3.05) is 92.1 Å². The molecule has 0 aliphatic carbocycles. The number of aromatic hydroxyl groups is 2. The fourth-order valence-corrected chi connectivity index (χ4v) is 15.0. The van der Waals surface area contributed by atoms with E-state index in [1.165, 1.54) is 59.1 Å². The number of carbonyl (C=O) groups is 3. The van der Waals surface area contributed by atoms with Gasteiger partial charge in [-0.15, -0.1) is 0 Å². The summed E-state index contributed by atoms with van der Waals surface area (Å²) in [6.07, 6.45) is 4.83. The predicted octanol–water partition coefficient (Wildman–Crippen LogP) is 6.59. The van der Waals surface area contributed by atoms with Crippen LogP contribution in [0.15, 0.2) is 84.9 Å². The third kappa shape index (κ3) is 11.6. The van der Waals surface area contributed by atoms with Crippen LogP contribution in [0.5, 0.6) is 11.5 Å². The first kappa shape index (κ1) is 59.1. The number of rotatable bonds is 18. The van der Waals surface area contributed by atoms with Gasteiger partial charge in [0, 0.05) is 88.2 Å². The minimum atomic E-state index is -3.79. The summed E-state index contributed by atoms with van der Waals surface area (Å²) in [7, 11) is -4.66. The molecule has 0 spiro atoms. The summed E-state index contributed by atoms with van der Waals surface area (Å²) >= 11 is 0. The van der Waals surface area contributed by atoms with Crippen LogP contribution in [0, 0.1) is 61.0 Å². The number of nitrogens with one attached hydrogen (secondary N) is 2. The molecule has 4 saturated heterocycles. The Balaban J connectivity index is 1.46. The lowest BCUT2D eigenvalue weighted by Crippen LogP contribution is -2.77. The van der Waals surface area contributed by atoms with Gasteiger partial charge in [0.1, 0.15) is 23.1 Å². The number of likely N-dealkylation sites (tertiary alicyclic amines) is 2. The lowest BCUT2D eigenvalue weighted by atomic mass is 9.50. The Kier molecular flexibility index (Phi) is 17.9. The van der Waals surface area contributed by atoms with Crippen LogP contribution in [-0.4, -0.2) is 166 Å². The van der Waals surface area contributed by atoms with Gasteiger partial charge < -0.3 is 20.8 Å². The second-order valence-corrected chi connectivity index (χ2v) is 27.1. The molecule has 4 aliphatic rings. The van der Waals surface area contributed by atoms with Crippen LogP contribution in [0.2, 0.25) is 0 Å². The maximum absolute atomic E-state index is 18.1. The van der Waals surface area contributed by atoms with E-state index in [4.69, 9.17) is 0 Å². The van der Waals surface area contributed by atoms with E-state index in [0.717, 1.165) is 12.5 Å². The quantitative estimate of drug-likeness (QED) is 0.0780. The lowest BCUT2D eigenvalue weighted by Gasteiger charge is -2.64. The number of phenols is 2. The molecule has 2 unspecified atom stereocenters. The fraction of sp³-hybridized carbons (Fsp3) is 0.542. The van der Waals surface area contributed by atoms with Crippen LogP contribution in [0.1, 0.15) is 94.3 Å². The van der Waals surface area contributed by atoms with Gasteiger partial charge in [0.2, 0.25) is 20.0 Å². The van der Waals surface area contributed by atoms with E-state index < -0.39 is 78.3 Å². The highest BCUT2D eigenvalue weighted by molar-refractivity contribution is 7.88. The number of sulfonamides is 2. The number of nitrogens with zero attached hydrogens (tertiary/aromatic N) is 4. The lowest BCUT2D eigenvalue weighted by molar-refractivity contribution is -0.168. The van der Waals surface area contributed by atoms with Crippen molar-refractivity contribution in [3.8, 4) is 11.5 Å². The Morgan fingerprint density at radius 2 is 1.00 bits per heavy atom. The van der Waals surface area contributed by atoms with E-state index in [1.807, 2.05) is 35.8 Å². The molecule has 4 aromatic rings. The molecule has 78 heavy (non-hydrogen) atoms. The van der Waals surface area contributed by atoms with Crippen LogP contribution >= 0.6 is 0 Å². The number of likely N-dealkylation sites (N-methyl/N-ethyl adjacent to an activating group) is 2. The second kappa shape index (κ2) is 23.6. The van der Waals surface area contributed by atoms with Gasteiger partial charge in [0.05, 0.1) is 23.6 Å². The van der Waals surface area contributed by atoms with E-state index >= 15 is 23.2 Å². The maximum Gasteiger partial charge on any atom is 0.210 e. The van der Waals surface area contributed by atoms with Crippen LogP contribution in [-0.2, 0) is 24.8 Å². The average Bonchev–Trinajstić information content (AvgIpc) is 3.59. The molecule has 4 fully saturated rings. The summed E-state index contributed by atoms with van der Waals surface area (Å²) in [5.41, 5.74) is -1.20. The van der Waals surface area contributed by atoms with E-state index in [2.05, 4.69) is 10.6 Å². The number of Topliss-reactive ketones (excluding diaryl/α,β-unsaturated/α-hetero) is 3. The Labute approximate surface area is 459 Å². The summed E-state index contributed by atoms with van der Waals surface area (Å²) in [5, 5.41) is 28.8. The van der Waals surface area contributed by atoms with Crippen LogP contribution in [0.4, 0.5) is 8.78 Å². The highest BCUT2D eigenvalue weighted by Crippen LogP contribution is 2.59. The zero-order valence-corrected chi connectivity index (χ0v) is 47.8. The zero-order chi connectivity index (χ0) is 56.6. The van der Waals surface area contributed by atoms with Gasteiger partial charge in [-0.1, -0.05) is 48.5 Å². The second-order valence-electron chi connectivity index (χ2n) is 23.0. The molecule has 8 rings (SSSR count). The number of benzene rings is 4. The van der Waals surface area contributed by atoms with Gasteiger partial charge in [-0.2, -0.15) is 0 Å².